The molecule has 0 amide bonds. The van der Waals surface area contributed by atoms with E-state index in [9.17, 15) is 4.79 Å². The summed E-state index contributed by atoms with van der Waals surface area (Å²) in [6.45, 7) is 9.85. The van der Waals surface area contributed by atoms with E-state index in [1.54, 1.807) is 0 Å². The quantitative estimate of drug-likeness (QED) is 0.576. The molecule has 0 radical (unpaired) electrons. The fourth-order valence-corrected chi connectivity index (χ4v) is 2.15. The zero-order valence-corrected chi connectivity index (χ0v) is 8.31. The van der Waals surface area contributed by atoms with Gasteiger partial charge in [-0.25, -0.2) is 0 Å². The monoisotopic (exact) mass is 166 g/mol. The van der Waals surface area contributed by atoms with Crippen molar-refractivity contribution in [2.75, 3.05) is 0 Å². The van der Waals surface area contributed by atoms with Crippen molar-refractivity contribution in [3.05, 3.63) is 12.7 Å². The zero-order valence-electron chi connectivity index (χ0n) is 8.31. The summed E-state index contributed by atoms with van der Waals surface area (Å²) in [5.74, 6) is 0.412. The van der Waals surface area contributed by atoms with Crippen LogP contribution in [0.15, 0.2) is 12.7 Å². The number of carbonyl (C=O) groups excluding carboxylic acids is 1. The second-order valence-corrected chi connectivity index (χ2v) is 4.77. The molecule has 1 atom stereocenters. The fourth-order valence-electron chi connectivity index (χ4n) is 2.15. The van der Waals surface area contributed by atoms with Crippen LogP contribution in [0.4, 0.5) is 0 Å². The topological polar surface area (TPSA) is 17.1 Å². The summed E-state index contributed by atoms with van der Waals surface area (Å²) in [4.78, 5) is 11.9. The van der Waals surface area contributed by atoms with Gasteiger partial charge in [0.2, 0.25) is 0 Å². The zero-order chi connectivity index (χ0) is 9.41. The van der Waals surface area contributed by atoms with Crippen molar-refractivity contribution in [2.45, 2.75) is 40.0 Å². The highest BCUT2D eigenvalue weighted by atomic mass is 16.1. The van der Waals surface area contributed by atoms with Gasteiger partial charge < -0.3 is 0 Å². The highest BCUT2D eigenvalue weighted by Crippen LogP contribution is 2.47. The van der Waals surface area contributed by atoms with Crippen molar-refractivity contribution >= 4 is 5.78 Å². The average molecular weight is 166 g/mol. The highest BCUT2D eigenvalue weighted by molar-refractivity contribution is 5.91. The number of ketones is 1. The van der Waals surface area contributed by atoms with Gasteiger partial charge in [-0.1, -0.05) is 26.8 Å². The Hall–Kier alpha value is -0.590. The first-order valence-electron chi connectivity index (χ1n) is 4.58. The van der Waals surface area contributed by atoms with Crippen LogP contribution >= 0.6 is 0 Å². The van der Waals surface area contributed by atoms with Gasteiger partial charge in [0.1, 0.15) is 5.78 Å². The standard InChI is InChI=1S/C11H18O/c1-5-6-11(4)8-7-10(2,3)9(11)12/h5H,1,6-8H2,2-4H3/t11-/m1/s1. The molecule has 12 heavy (non-hydrogen) atoms. The van der Waals surface area contributed by atoms with E-state index in [1.165, 1.54) is 0 Å². The maximum Gasteiger partial charge on any atom is 0.144 e. The van der Waals surface area contributed by atoms with Crippen LogP contribution in [-0.2, 0) is 4.79 Å². The molecule has 0 N–H and O–H groups in total. The molecule has 1 fully saturated rings. The van der Waals surface area contributed by atoms with Gasteiger partial charge >= 0.3 is 0 Å². The molecule has 0 saturated heterocycles. The Morgan fingerprint density at radius 2 is 2.00 bits per heavy atom. The second kappa shape index (κ2) is 2.72. The van der Waals surface area contributed by atoms with Gasteiger partial charge in [-0.2, -0.15) is 0 Å². The van der Waals surface area contributed by atoms with Crippen molar-refractivity contribution in [1.29, 1.82) is 0 Å². The van der Waals surface area contributed by atoms with Crippen LogP contribution in [0.25, 0.3) is 0 Å². The molecule has 1 aliphatic rings. The molecule has 1 heteroatoms. The smallest absolute Gasteiger partial charge is 0.144 e. The molecule has 0 aromatic carbocycles. The number of allylic oxidation sites excluding steroid dienone is 1. The third kappa shape index (κ3) is 1.33. The molecule has 68 valence electrons. The van der Waals surface area contributed by atoms with Gasteiger partial charge in [-0.15, -0.1) is 6.58 Å². The normalized spacial score (nSPS) is 33.8. The molecule has 1 saturated carbocycles. The summed E-state index contributed by atoms with van der Waals surface area (Å²) in [5.41, 5.74) is -0.219. The van der Waals surface area contributed by atoms with Crippen molar-refractivity contribution < 1.29 is 4.79 Å². The maximum atomic E-state index is 11.9. The van der Waals surface area contributed by atoms with E-state index in [4.69, 9.17) is 0 Å². The number of rotatable bonds is 2. The van der Waals surface area contributed by atoms with Crippen LogP contribution in [0, 0.1) is 10.8 Å². The minimum atomic E-state index is -0.120. The number of hydrogen-bond acceptors (Lipinski definition) is 1. The van der Waals surface area contributed by atoms with Crippen LogP contribution < -0.4 is 0 Å². The molecule has 0 aliphatic heterocycles. The molecular formula is C11H18O. The van der Waals surface area contributed by atoms with Crippen LogP contribution in [0.1, 0.15) is 40.0 Å². The Bertz CT molecular complexity index is 215. The molecule has 0 heterocycles. The van der Waals surface area contributed by atoms with Gasteiger partial charge in [0.05, 0.1) is 0 Å². The van der Waals surface area contributed by atoms with Gasteiger partial charge in [-0.3, -0.25) is 4.79 Å². The number of carbonyl (C=O) groups is 1. The van der Waals surface area contributed by atoms with E-state index < -0.39 is 0 Å². The summed E-state index contributed by atoms with van der Waals surface area (Å²) in [6.07, 6.45) is 4.73. The van der Waals surface area contributed by atoms with Gasteiger partial charge in [0.15, 0.2) is 0 Å². The molecule has 1 rings (SSSR count). The van der Waals surface area contributed by atoms with Crippen molar-refractivity contribution in [3.8, 4) is 0 Å². The van der Waals surface area contributed by atoms with Gasteiger partial charge in [0.25, 0.3) is 0 Å². The molecular weight excluding hydrogens is 148 g/mol. The minimum Gasteiger partial charge on any atom is -0.298 e. The molecule has 1 nitrogen and oxygen atoms in total. The lowest BCUT2D eigenvalue weighted by atomic mass is 9.79. The summed E-state index contributed by atoms with van der Waals surface area (Å²) in [5, 5.41) is 0. The van der Waals surface area contributed by atoms with Crippen LogP contribution in [0.3, 0.4) is 0 Å². The van der Waals surface area contributed by atoms with E-state index in [2.05, 4.69) is 13.5 Å². The predicted octanol–water partition coefficient (Wildman–Crippen LogP) is 2.96. The maximum absolute atomic E-state index is 11.9. The first-order chi connectivity index (χ1) is 5.42. The molecule has 0 unspecified atom stereocenters. The Morgan fingerprint density at radius 1 is 1.42 bits per heavy atom. The third-order valence-corrected chi connectivity index (χ3v) is 3.06. The summed E-state index contributed by atoms with van der Waals surface area (Å²) in [6, 6.07) is 0. The predicted molar refractivity (Wildman–Crippen MR) is 50.9 cm³/mol. The summed E-state index contributed by atoms with van der Waals surface area (Å²) >= 11 is 0. The first kappa shape index (κ1) is 9.50. The fraction of sp³-hybridized carbons (Fsp3) is 0.727. The Balaban J connectivity index is 2.85. The van der Waals surface area contributed by atoms with E-state index in [0.717, 1.165) is 19.3 Å². The van der Waals surface area contributed by atoms with E-state index in [-0.39, 0.29) is 10.8 Å². The van der Waals surface area contributed by atoms with E-state index in [1.807, 2.05) is 19.9 Å². The van der Waals surface area contributed by atoms with Crippen molar-refractivity contribution in [1.82, 2.24) is 0 Å². The SMILES string of the molecule is C=CC[C@]1(C)CCC(C)(C)C1=O. The second-order valence-electron chi connectivity index (χ2n) is 4.77. The first-order valence-corrected chi connectivity index (χ1v) is 4.58. The molecule has 0 aromatic rings. The lowest BCUT2D eigenvalue weighted by Gasteiger charge is -2.23. The Labute approximate surface area is 74.9 Å². The van der Waals surface area contributed by atoms with Crippen molar-refractivity contribution in [3.63, 3.8) is 0 Å². The molecule has 0 bridgehead atoms. The third-order valence-electron chi connectivity index (χ3n) is 3.06. The molecule has 1 aliphatic carbocycles. The average Bonchev–Trinajstić information content (AvgIpc) is 2.17. The van der Waals surface area contributed by atoms with Gasteiger partial charge in [0, 0.05) is 10.8 Å². The Kier molecular flexibility index (Phi) is 2.15. The largest absolute Gasteiger partial charge is 0.298 e. The molecule has 0 aromatic heterocycles. The highest BCUT2D eigenvalue weighted by Gasteiger charge is 2.47. The van der Waals surface area contributed by atoms with Crippen LogP contribution in [-0.4, -0.2) is 5.78 Å². The number of Topliss-reactive ketones (excluding diaryl/α,β-unsaturated/α-hetero) is 1. The summed E-state index contributed by atoms with van der Waals surface area (Å²) < 4.78 is 0. The Morgan fingerprint density at radius 3 is 2.33 bits per heavy atom. The van der Waals surface area contributed by atoms with E-state index >= 15 is 0 Å². The van der Waals surface area contributed by atoms with Crippen LogP contribution in [0.2, 0.25) is 0 Å². The van der Waals surface area contributed by atoms with Gasteiger partial charge in [-0.05, 0) is 19.3 Å². The van der Waals surface area contributed by atoms with E-state index in [0.29, 0.717) is 5.78 Å². The minimum absolute atomic E-state index is 0.0994. The van der Waals surface area contributed by atoms with Crippen molar-refractivity contribution in [2.24, 2.45) is 10.8 Å². The van der Waals surface area contributed by atoms with Crippen LogP contribution in [0.5, 0.6) is 0 Å². The number of hydrogen-bond donors (Lipinski definition) is 0. The lowest BCUT2D eigenvalue weighted by molar-refractivity contribution is -0.131. The molecule has 0 spiro atoms. The summed E-state index contributed by atoms with van der Waals surface area (Å²) in [7, 11) is 0. The lowest BCUT2D eigenvalue weighted by Crippen LogP contribution is -2.29.